The molecule has 1 amide bonds. The van der Waals surface area contributed by atoms with Crippen LogP contribution in [0.25, 0.3) is 0 Å². The van der Waals surface area contributed by atoms with Crippen molar-refractivity contribution in [3.05, 3.63) is 0 Å². The average Bonchev–Trinajstić information content (AvgIpc) is 2.13. The van der Waals surface area contributed by atoms with E-state index in [-0.39, 0.29) is 19.1 Å². The summed E-state index contributed by atoms with van der Waals surface area (Å²) in [5.41, 5.74) is 0. The summed E-state index contributed by atoms with van der Waals surface area (Å²) in [5.74, 6) is -0.299. The van der Waals surface area contributed by atoms with E-state index in [9.17, 15) is 15.0 Å². The van der Waals surface area contributed by atoms with Gasteiger partial charge < -0.3 is 25.4 Å². The van der Waals surface area contributed by atoms with Gasteiger partial charge in [-0.25, -0.2) is 0 Å². The van der Waals surface area contributed by atoms with Crippen molar-refractivity contribution in [2.45, 2.75) is 31.3 Å². The highest BCUT2D eigenvalue weighted by atomic mass is 16.5. The Labute approximate surface area is 81.5 Å². The fourth-order valence-corrected chi connectivity index (χ4v) is 1.43. The second-order valence-electron chi connectivity index (χ2n) is 3.34. The number of amides is 1. The summed E-state index contributed by atoms with van der Waals surface area (Å²) in [4.78, 5) is 10.7. The van der Waals surface area contributed by atoms with Crippen LogP contribution in [0.2, 0.25) is 0 Å². The third kappa shape index (κ3) is 2.42. The predicted octanol–water partition coefficient (Wildman–Crippen LogP) is -2.40. The first-order valence-corrected chi connectivity index (χ1v) is 4.42. The Morgan fingerprint density at radius 3 is 2.64 bits per heavy atom. The van der Waals surface area contributed by atoms with Crippen LogP contribution in [0.1, 0.15) is 6.92 Å². The van der Waals surface area contributed by atoms with E-state index in [1.807, 2.05) is 0 Å². The summed E-state index contributed by atoms with van der Waals surface area (Å²) in [6.45, 7) is 1.05. The molecule has 1 aliphatic heterocycles. The third-order valence-electron chi connectivity index (χ3n) is 2.20. The van der Waals surface area contributed by atoms with Gasteiger partial charge in [0.1, 0.15) is 18.3 Å². The Balaban J connectivity index is 2.54. The summed E-state index contributed by atoms with van der Waals surface area (Å²) in [7, 11) is 0. The number of rotatable bonds is 2. The average molecular weight is 205 g/mol. The Hall–Kier alpha value is -0.690. The SMILES string of the molecule is CC(=O)NC1COC(CO)[C@@H](O)[C@H]1O. The molecule has 6 heteroatoms. The molecule has 1 saturated heterocycles. The van der Waals surface area contributed by atoms with E-state index in [4.69, 9.17) is 9.84 Å². The summed E-state index contributed by atoms with van der Waals surface area (Å²) in [5, 5.41) is 30.2. The molecule has 0 aromatic heterocycles. The molecule has 2 unspecified atom stereocenters. The highest BCUT2D eigenvalue weighted by Crippen LogP contribution is 2.14. The molecule has 1 heterocycles. The van der Waals surface area contributed by atoms with Crippen molar-refractivity contribution < 1.29 is 24.9 Å². The van der Waals surface area contributed by atoms with Gasteiger partial charge in [0.05, 0.1) is 19.3 Å². The molecule has 0 radical (unpaired) electrons. The van der Waals surface area contributed by atoms with Crippen LogP contribution in [0, 0.1) is 0 Å². The molecule has 82 valence electrons. The maximum atomic E-state index is 10.7. The Bertz CT molecular complexity index is 210. The number of hydrogen-bond acceptors (Lipinski definition) is 5. The quantitative estimate of drug-likeness (QED) is 0.403. The lowest BCUT2D eigenvalue weighted by Gasteiger charge is -2.36. The summed E-state index contributed by atoms with van der Waals surface area (Å²) >= 11 is 0. The minimum atomic E-state index is -1.18. The summed E-state index contributed by atoms with van der Waals surface area (Å²) in [6, 6.07) is -0.620. The van der Waals surface area contributed by atoms with Gasteiger partial charge in [0.25, 0.3) is 0 Å². The van der Waals surface area contributed by atoms with Gasteiger partial charge >= 0.3 is 0 Å². The van der Waals surface area contributed by atoms with Gasteiger partial charge in [0, 0.05) is 6.92 Å². The fraction of sp³-hybridized carbons (Fsp3) is 0.875. The predicted molar refractivity (Wildman–Crippen MR) is 46.4 cm³/mol. The molecule has 0 bridgehead atoms. The number of carbonyl (C=O) groups excluding carboxylic acids is 1. The molecule has 0 aromatic carbocycles. The summed E-state index contributed by atoms with van der Waals surface area (Å²) < 4.78 is 5.05. The second-order valence-corrected chi connectivity index (χ2v) is 3.34. The first-order valence-electron chi connectivity index (χ1n) is 4.42. The standard InChI is InChI=1S/C8H15NO5/c1-4(11)9-5-3-14-6(2-10)8(13)7(5)12/h5-8,10,12-13H,2-3H2,1H3,(H,9,11)/t5?,6?,7-,8+/m0/s1. The third-order valence-corrected chi connectivity index (χ3v) is 2.20. The molecule has 0 aliphatic carbocycles. The smallest absolute Gasteiger partial charge is 0.217 e. The van der Waals surface area contributed by atoms with Gasteiger partial charge in [-0.05, 0) is 0 Å². The molecule has 0 saturated carbocycles. The highest BCUT2D eigenvalue weighted by Gasteiger charge is 2.38. The minimum Gasteiger partial charge on any atom is -0.394 e. The molecule has 4 N–H and O–H groups in total. The molecule has 4 atom stereocenters. The van der Waals surface area contributed by atoms with Crippen LogP contribution in [0.15, 0.2) is 0 Å². The van der Waals surface area contributed by atoms with E-state index in [1.165, 1.54) is 6.92 Å². The molecule has 6 nitrogen and oxygen atoms in total. The number of nitrogens with one attached hydrogen (secondary N) is 1. The Kier molecular flexibility index (Phi) is 3.82. The van der Waals surface area contributed by atoms with Crippen LogP contribution in [0.3, 0.4) is 0 Å². The van der Waals surface area contributed by atoms with Crippen molar-refractivity contribution in [1.29, 1.82) is 0 Å². The van der Waals surface area contributed by atoms with E-state index in [0.717, 1.165) is 0 Å². The number of aliphatic hydroxyl groups excluding tert-OH is 3. The lowest BCUT2D eigenvalue weighted by Crippen LogP contribution is -2.59. The monoisotopic (exact) mass is 205 g/mol. The molecule has 1 fully saturated rings. The van der Waals surface area contributed by atoms with Crippen LogP contribution in [0.5, 0.6) is 0 Å². The number of ether oxygens (including phenoxy) is 1. The molecular formula is C8H15NO5. The van der Waals surface area contributed by atoms with Gasteiger partial charge in [-0.3, -0.25) is 4.79 Å². The second kappa shape index (κ2) is 4.70. The molecule has 1 rings (SSSR count). The Morgan fingerprint density at radius 1 is 1.50 bits per heavy atom. The number of hydrogen-bond donors (Lipinski definition) is 4. The van der Waals surface area contributed by atoms with Crippen molar-refractivity contribution in [2.75, 3.05) is 13.2 Å². The Morgan fingerprint density at radius 2 is 2.14 bits per heavy atom. The van der Waals surface area contributed by atoms with Crippen molar-refractivity contribution in [1.82, 2.24) is 5.32 Å². The topological polar surface area (TPSA) is 99.0 Å². The fourth-order valence-electron chi connectivity index (χ4n) is 1.43. The molecule has 0 aromatic rings. The van der Waals surface area contributed by atoms with E-state index in [0.29, 0.717) is 0 Å². The zero-order chi connectivity index (χ0) is 10.7. The number of carbonyl (C=O) groups is 1. The van der Waals surface area contributed by atoms with Gasteiger partial charge in [-0.1, -0.05) is 0 Å². The minimum absolute atomic E-state index is 0.0863. The lowest BCUT2D eigenvalue weighted by molar-refractivity contribution is -0.164. The maximum absolute atomic E-state index is 10.7. The zero-order valence-electron chi connectivity index (χ0n) is 7.88. The lowest BCUT2D eigenvalue weighted by atomic mass is 9.98. The first-order chi connectivity index (χ1) is 6.56. The van der Waals surface area contributed by atoms with Crippen LogP contribution >= 0.6 is 0 Å². The van der Waals surface area contributed by atoms with E-state index in [2.05, 4.69) is 5.32 Å². The van der Waals surface area contributed by atoms with Crippen LogP contribution in [0.4, 0.5) is 0 Å². The van der Waals surface area contributed by atoms with Gasteiger partial charge in [-0.15, -0.1) is 0 Å². The maximum Gasteiger partial charge on any atom is 0.217 e. The normalized spacial score (nSPS) is 38.0. The summed E-state index contributed by atoms with van der Waals surface area (Å²) in [6.07, 6.45) is -3.06. The largest absolute Gasteiger partial charge is 0.394 e. The van der Waals surface area contributed by atoms with Gasteiger partial charge in [0.2, 0.25) is 5.91 Å². The van der Waals surface area contributed by atoms with Crippen LogP contribution in [-0.2, 0) is 9.53 Å². The van der Waals surface area contributed by atoms with E-state index in [1.54, 1.807) is 0 Å². The van der Waals surface area contributed by atoms with Crippen molar-refractivity contribution in [3.8, 4) is 0 Å². The molecule has 0 spiro atoms. The van der Waals surface area contributed by atoms with Crippen molar-refractivity contribution in [2.24, 2.45) is 0 Å². The van der Waals surface area contributed by atoms with Crippen LogP contribution < -0.4 is 5.32 Å². The molecular weight excluding hydrogens is 190 g/mol. The first kappa shape index (κ1) is 11.4. The van der Waals surface area contributed by atoms with E-state index >= 15 is 0 Å². The zero-order valence-corrected chi connectivity index (χ0v) is 7.88. The van der Waals surface area contributed by atoms with Gasteiger partial charge in [-0.2, -0.15) is 0 Å². The highest BCUT2D eigenvalue weighted by molar-refractivity contribution is 5.73. The molecule has 1 aliphatic rings. The van der Waals surface area contributed by atoms with Gasteiger partial charge in [0.15, 0.2) is 0 Å². The molecule has 14 heavy (non-hydrogen) atoms. The van der Waals surface area contributed by atoms with Crippen molar-refractivity contribution in [3.63, 3.8) is 0 Å². The number of aliphatic hydroxyl groups is 3. The van der Waals surface area contributed by atoms with Crippen molar-refractivity contribution >= 4 is 5.91 Å². The van der Waals surface area contributed by atoms with E-state index < -0.39 is 24.4 Å². The van der Waals surface area contributed by atoms with Crippen LogP contribution in [-0.4, -0.2) is 58.8 Å².